The van der Waals surface area contributed by atoms with E-state index in [0.717, 1.165) is 32.5 Å². The van der Waals surface area contributed by atoms with Crippen LogP contribution in [0.1, 0.15) is 18.4 Å². The Morgan fingerprint density at radius 2 is 2.15 bits per heavy atom. The predicted molar refractivity (Wildman–Crippen MR) is 75.8 cm³/mol. The molecule has 3 fully saturated rings. The zero-order chi connectivity index (χ0) is 14.1. The van der Waals surface area contributed by atoms with Crippen molar-refractivity contribution in [2.75, 3.05) is 19.6 Å². The molecule has 0 unspecified atom stereocenters. The molecule has 1 atom stereocenters. The van der Waals surface area contributed by atoms with E-state index in [4.69, 9.17) is 11.6 Å². The molecule has 6 heteroatoms. The normalized spacial score (nSPS) is 29.5. The second kappa shape index (κ2) is 5.58. The average Bonchev–Trinajstić information content (AvgIpc) is 2.47. The van der Waals surface area contributed by atoms with Gasteiger partial charge in [0.15, 0.2) is 5.84 Å². The van der Waals surface area contributed by atoms with E-state index in [1.54, 1.807) is 6.07 Å². The number of benzene rings is 1. The molecule has 2 bridgehead atoms. The van der Waals surface area contributed by atoms with Crippen LogP contribution in [-0.4, -0.2) is 41.6 Å². The Bertz CT molecular complexity index is 529. The smallest absolute Gasteiger partial charge is 0.175 e. The molecule has 0 radical (unpaired) electrons. The molecule has 0 aromatic heterocycles. The van der Waals surface area contributed by atoms with Crippen LogP contribution in [0.2, 0.25) is 5.02 Å². The van der Waals surface area contributed by atoms with Crippen molar-refractivity contribution in [2.24, 2.45) is 11.1 Å². The molecule has 108 valence electrons. The van der Waals surface area contributed by atoms with Gasteiger partial charge in [0.25, 0.3) is 0 Å². The molecule has 0 amide bonds. The number of piperidine rings is 3. The monoisotopic (exact) mass is 297 g/mol. The van der Waals surface area contributed by atoms with E-state index in [0.29, 0.717) is 10.9 Å². The van der Waals surface area contributed by atoms with Gasteiger partial charge in [-0.2, -0.15) is 0 Å². The van der Waals surface area contributed by atoms with Crippen molar-refractivity contribution in [3.63, 3.8) is 0 Å². The van der Waals surface area contributed by atoms with Crippen molar-refractivity contribution >= 4 is 17.4 Å². The molecule has 0 saturated carbocycles. The van der Waals surface area contributed by atoms with Gasteiger partial charge in [-0.1, -0.05) is 16.8 Å². The molecule has 1 aromatic rings. The molecule has 3 heterocycles. The van der Waals surface area contributed by atoms with Crippen LogP contribution in [-0.2, 0) is 0 Å². The van der Waals surface area contributed by atoms with Crippen molar-refractivity contribution in [2.45, 2.75) is 18.9 Å². The van der Waals surface area contributed by atoms with Crippen molar-refractivity contribution in [1.82, 2.24) is 10.2 Å². The highest BCUT2D eigenvalue weighted by Crippen LogP contribution is 2.28. The SMILES string of the molecule is O/N=C(/N[C@H]1CN2CCC1CC2)c1ccc(Cl)cc1F. The van der Waals surface area contributed by atoms with Crippen LogP contribution in [0, 0.1) is 11.7 Å². The Morgan fingerprint density at radius 3 is 2.70 bits per heavy atom. The minimum Gasteiger partial charge on any atom is -0.409 e. The largest absolute Gasteiger partial charge is 0.409 e. The number of nitrogens with zero attached hydrogens (tertiary/aromatic N) is 2. The molecule has 0 spiro atoms. The van der Waals surface area contributed by atoms with Gasteiger partial charge in [-0.25, -0.2) is 4.39 Å². The van der Waals surface area contributed by atoms with Crippen LogP contribution in [0.3, 0.4) is 0 Å². The first-order chi connectivity index (χ1) is 9.67. The van der Waals surface area contributed by atoms with Crippen LogP contribution in [0.25, 0.3) is 0 Å². The number of hydrogen-bond donors (Lipinski definition) is 2. The first kappa shape index (κ1) is 13.6. The van der Waals surface area contributed by atoms with E-state index >= 15 is 0 Å². The van der Waals surface area contributed by atoms with Crippen LogP contribution in [0.15, 0.2) is 23.4 Å². The number of oxime groups is 1. The summed E-state index contributed by atoms with van der Waals surface area (Å²) in [5, 5.41) is 15.9. The highest BCUT2D eigenvalue weighted by Gasteiger charge is 2.34. The van der Waals surface area contributed by atoms with Gasteiger partial charge in [0.1, 0.15) is 5.82 Å². The topological polar surface area (TPSA) is 47.9 Å². The molecule has 3 aliphatic heterocycles. The van der Waals surface area contributed by atoms with Gasteiger partial charge in [-0.05, 0) is 50.0 Å². The summed E-state index contributed by atoms with van der Waals surface area (Å²) < 4.78 is 13.9. The van der Waals surface area contributed by atoms with Crippen LogP contribution >= 0.6 is 11.6 Å². The van der Waals surface area contributed by atoms with Crippen LogP contribution in [0.4, 0.5) is 4.39 Å². The van der Waals surface area contributed by atoms with Gasteiger partial charge in [-0.3, -0.25) is 0 Å². The van der Waals surface area contributed by atoms with E-state index in [1.165, 1.54) is 12.1 Å². The summed E-state index contributed by atoms with van der Waals surface area (Å²) in [4.78, 5) is 2.38. The number of fused-ring (bicyclic) bond motifs is 3. The summed E-state index contributed by atoms with van der Waals surface area (Å²) in [6, 6.07) is 4.54. The quantitative estimate of drug-likeness (QED) is 0.381. The summed E-state index contributed by atoms with van der Waals surface area (Å²) >= 11 is 5.74. The predicted octanol–water partition coefficient (Wildman–Crippen LogP) is 2.30. The van der Waals surface area contributed by atoms with E-state index in [2.05, 4.69) is 15.4 Å². The van der Waals surface area contributed by atoms with Crippen molar-refractivity contribution in [3.05, 3.63) is 34.6 Å². The molecular weight excluding hydrogens is 281 g/mol. The third-order valence-corrected chi connectivity index (χ3v) is 4.50. The van der Waals surface area contributed by atoms with Crippen LogP contribution < -0.4 is 5.32 Å². The van der Waals surface area contributed by atoms with Gasteiger partial charge in [0.2, 0.25) is 0 Å². The number of nitrogens with one attached hydrogen (secondary N) is 1. The molecule has 4 nitrogen and oxygen atoms in total. The molecule has 4 rings (SSSR count). The lowest BCUT2D eigenvalue weighted by Gasteiger charge is -2.45. The van der Waals surface area contributed by atoms with Crippen molar-refractivity contribution in [1.29, 1.82) is 0 Å². The van der Waals surface area contributed by atoms with Gasteiger partial charge in [-0.15, -0.1) is 0 Å². The molecular formula is C14H17ClFN3O. The summed E-state index contributed by atoms with van der Waals surface area (Å²) in [5.74, 6) is 0.254. The molecule has 1 aromatic carbocycles. The Labute approximate surface area is 122 Å². The fourth-order valence-corrected chi connectivity index (χ4v) is 3.31. The third-order valence-electron chi connectivity index (χ3n) is 4.26. The van der Waals surface area contributed by atoms with Crippen molar-refractivity contribution in [3.8, 4) is 0 Å². The molecule has 20 heavy (non-hydrogen) atoms. The highest BCUT2D eigenvalue weighted by atomic mass is 35.5. The molecule has 3 aliphatic rings. The Balaban J connectivity index is 1.77. The Hall–Kier alpha value is -1.33. The lowest BCUT2D eigenvalue weighted by atomic mass is 9.84. The number of halogens is 2. The zero-order valence-electron chi connectivity index (χ0n) is 11.0. The van der Waals surface area contributed by atoms with E-state index in [-0.39, 0.29) is 17.4 Å². The summed E-state index contributed by atoms with van der Waals surface area (Å²) in [5.41, 5.74) is 0.244. The fraction of sp³-hybridized carbons (Fsp3) is 0.500. The maximum atomic E-state index is 13.9. The average molecular weight is 298 g/mol. The highest BCUT2D eigenvalue weighted by molar-refractivity contribution is 6.30. The Kier molecular flexibility index (Phi) is 3.81. The summed E-state index contributed by atoms with van der Waals surface area (Å²) in [7, 11) is 0. The van der Waals surface area contributed by atoms with Gasteiger partial charge in [0, 0.05) is 17.6 Å². The number of rotatable bonds is 2. The first-order valence-electron chi connectivity index (χ1n) is 6.84. The molecule has 2 N–H and O–H groups in total. The third kappa shape index (κ3) is 2.60. The lowest BCUT2D eigenvalue weighted by molar-refractivity contribution is 0.0808. The number of amidine groups is 1. The maximum Gasteiger partial charge on any atom is 0.175 e. The molecule has 0 aliphatic carbocycles. The fourth-order valence-electron chi connectivity index (χ4n) is 3.15. The summed E-state index contributed by atoms with van der Waals surface area (Å²) in [6.07, 6.45) is 2.28. The summed E-state index contributed by atoms with van der Waals surface area (Å²) in [6.45, 7) is 3.17. The van der Waals surface area contributed by atoms with Crippen molar-refractivity contribution < 1.29 is 9.60 Å². The zero-order valence-corrected chi connectivity index (χ0v) is 11.8. The first-order valence-corrected chi connectivity index (χ1v) is 7.21. The number of hydrogen-bond acceptors (Lipinski definition) is 3. The minimum atomic E-state index is -0.487. The van der Waals surface area contributed by atoms with Gasteiger partial charge >= 0.3 is 0 Å². The van der Waals surface area contributed by atoms with E-state index in [9.17, 15) is 9.60 Å². The second-order valence-corrected chi connectivity index (χ2v) is 5.90. The van der Waals surface area contributed by atoms with E-state index in [1.807, 2.05) is 0 Å². The minimum absolute atomic E-state index is 0.179. The molecule has 3 saturated heterocycles. The van der Waals surface area contributed by atoms with Gasteiger partial charge in [0.05, 0.1) is 5.56 Å². The standard InChI is InChI=1S/C14H17ClFN3O/c15-10-1-2-11(12(16)7-10)14(18-20)17-13-8-19-5-3-9(13)4-6-19/h1-2,7,9,13,20H,3-6,8H2,(H,17,18)/t13-/m0/s1. The van der Waals surface area contributed by atoms with Gasteiger partial charge < -0.3 is 15.4 Å². The second-order valence-electron chi connectivity index (χ2n) is 5.46. The van der Waals surface area contributed by atoms with Crippen LogP contribution in [0.5, 0.6) is 0 Å². The Morgan fingerprint density at radius 1 is 1.40 bits per heavy atom. The maximum absolute atomic E-state index is 13.9. The van der Waals surface area contributed by atoms with E-state index < -0.39 is 5.82 Å². The lowest BCUT2D eigenvalue weighted by Crippen LogP contribution is -2.57.